The first-order chi connectivity index (χ1) is 17.3. The Morgan fingerprint density at radius 1 is 0.972 bits per heavy atom. The standard InChI is InChI=1S/C27H29N3O4S2/c1-4-14-30(15-5-2)36(32,33)24-12-9-19(10-13-24)26(31)29-27-28-25(18-35-27)22-7-6-21-17-23(34-3)11-8-20(21)16-22/h6-13,16-18H,4-5,14-15H2,1-3H3,(H,28,29,31). The number of fused-ring (bicyclic) bond motifs is 1. The molecule has 0 radical (unpaired) electrons. The Bertz CT molecular complexity index is 1460. The van der Waals surface area contributed by atoms with E-state index in [1.807, 2.05) is 49.6 Å². The van der Waals surface area contributed by atoms with Crippen LogP contribution in [0.2, 0.25) is 0 Å². The molecule has 1 aromatic heterocycles. The topological polar surface area (TPSA) is 88.6 Å². The number of hydrogen-bond donors (Lipinski definition) is 1. The van der Waals surface area contributed by atoms with Gasteiger partial charge < -0.3 is 4.74 Å². The highest BCUT2D eigenvalue weighted by molar-refractivity contribution is 7.89. The number of ether oxygens (including phenoxy) is 1. The number of nitrogens with one attached hydrogen (secondary N) is 1. The minimum Gasteiger partial charge on any atom is -0.497 e. The average Bonchev–Trinajstić information content (AvgIpc) is 3.36. The first-order valence-electron chi connectivity index (χ1n) is 11.8. The summed E-state index contributed by atoms with van der Waals surface area (Å²) in [6.45, 7) is 4.84. The van der Waals surface area contributed by atoms with Crippen LogP contribution in [0, 0.1) is 0 Å². The fourth-order valence-electron chi connectivity index (χ4n) is 3.92. The second-order valence-corrected chi connectivity index (χ2v) is 11.1. The molecule has 1 N–H and O–H groups in total. The van der Waals surface area contributed by atoms with E-state index >= 15 is 0 Å². The molecule has 1 amide bonds. The van der Waals surface area contributed by atoms with Crippen LogP contribution in [0.15, 0.2) is 70.9 Å². The molecule has 4 aromatic rings. The fraction of sp³-hybridized carbons (Fsp3) is 0.259. The van der Waals surface area contributed by atoms with E-state index in [2.05, 4.69) is 16.4 Å². The zero-order chi connectivity index (χ0) is 25.7. The summed E-state index contributed by atoms with van der Waals surface area (Å²) >= 11 is 1.34. The van der Waals surface area contributed by atoms with E-state index in [0.717, 1.165) is 40.6 Å². The van der Waals surface area contributed by atoms with E-state index in [1.54, 1.807) is 7.11 Å². The molecule has 0 saturated heterocycles. The Morgan fingerprint density at radius 3 is 2.31 bits per heavy atom. The summed E-state index contributed by atoms with van der Waals surface area (Å²) in [7, 11) is -1.95. The van der Waals surface area contributed by atoms with E-state index in [-0.39, 0.29) is 10.8 Å². The van der Waals surface area contributed by atoms with E-state index in [4.69, 9.17) is 4.74 Å². The van der Waals surface area contributed by atoms with Gasteiger partial charge in [0.1, 0.15) is 5.75 Å². The highest BCUT2D eigenvalue weighted by atomic mass is 32.2. The highest BCUT2D eigenvalue weighted by Gasteiger charge is 2.23. The SMILES string of the molecule is CCCN(CCC)S(=O)(=O)c1ccc(C(=O)Nc2nc(-c3ccc4cc(OC)ccc4c3)cs2)cc1. The summed E-state index contributed by atoms with van der Waals surface area (Å²) < 4.78 is 32.7. The zero-order valence-corrected chi connectivity index (χ0v) is 22.2. The van der Waals surface area contributed by atoms with Crippen LogP contribution < -0.4 is 10.1 Å². The molecule has 4 rings (SSSR count). The van der Waals surface area contributed by atoms with E-state index < -0.39 is 10.0 Å². The quantitative estimate of drug-likeness (QED) is 0.274. The Labute approximate surface area is 215 Å². The van der Waals surface area contributed by atoms with Gasteiger partial charge in [-0.15, -0.1) is 11.3 Å². The maximum atomic E-state index is 12.9. The lowest BCUT2D eigenvalue weighted by Gasteiger charge is -2.21. The van der Waals surface area contributed by atoms with Crippen molar-refractivity contribution in [1.82, 2.24) is 9.29 Å². The maximum absolute atomic E-state index is 12.9. The van der Waals surface area contributed by atoms with Crippen molar-refractivity contribution in [2.45, 2.75) is 31.6 Å². The second kappa shape index (κ2) is 11.2. The van der Waals surface area contributed by atoms with Gasteiger partial charge in [0, 0.05) is 29.6 Å². The summed E-state index contributed by atoms with van der Waals surface area (Å²) in [6, 6.07) is 18.0. The van der Waals surface area contributed by atoms with Gasteiger partial charge in [0.05, 0.1) is 17.7 Å². The third kappa shape index (κ3) is 5.59. The van der Waals surface area contributed by atoms with E-state index in [0.29, 0.717) is 23.8 Å². The van der Waals surface area contributed by atoms with Crippen molar-refractivity contribution in [1.29, 1.82) is 0 Å². The molecule has 0 aliphatic carbocycles. The smallest absolute Gasteiger partial charge is 0.257 e. The van der Waals surface area contributed by atoms with Gasteiger partial charge in [-0.3, -0.25) is 10.1 Å². The van der Waals surface area contributed by atoms with Gasteiger partial charge in [-0.1, -0.05) is 32.0 Å². The summed E-state index contributed by atoms with van der Waals surface area (Å²) in [4.78, 5) is 17.5. The fourth-order valence-corrected chi connectivity index (χ4v) is 6.26. The minimum atomic E-state index is -3.59. The van der Waals surface area contributed by atoms with Crippen molar-refractivity contribution in [2.24, 2.45) is 0 Å². The summed E-state index contributed by atoms with van der Waals surface area (Å²) in [5, 5.41) is 7.32. The van der Waals surface area contributed by atoms with Crippen LogP contribution in [-0.2, 0) is 10.0 Å². The van der Waals surface area contributed by atoms with Gasteiger partial charge >= 0.3 is 0 Å². The molecule has 0 atom stereocenters. The first-order valence-corrected chi connectivity index (χ1v) is 14.1. The lowest BCUT2D eigenvalue weighted by molar-refractivity contribution is 0.102. The molecular weight excluding hydrogens is 494 g/mol. The number of benzene rings is 3. The molecule has 7 nitrogen and oxygen atoms in total. The van der Waals surface area contributed by atoms with Crippen LogP contribution >= 0.6 is 11.3 Å². The molecular formula is C27H29N3O4S2. The number of carbonyl (C=O) groups is 1. The number of nitrogens with zero attached hydrogens (tertiary/aromatic N) is 2. The van der Waals surface area contributed by atoms with Crippen LogP contribution in [-0.4, -0.2) is 43.8 Å². The Balaban J connectivity index is 1.47. The number of thiazole rings is 1. The number of amides is 1. The number of hydrogen-bond acceptors (Lipinski definition) is 6. The van der Waals surface area contributed by atoms with Crippen LogP contribution in [0.1, 0.15) is 37.0 Å². The van der Waals surface area contributed by atoms with E-state index in [9.17, 15) is 13.2 Å². The van der Waals surface area contributed by atoms with Crippen molar-refractivity contribution in [3.05, 3.63) is 71.6 Å². The molecule has 0 saturated carbocycles. The monoisotopic (exact) mass is 523 g/mol. The average molecular weight is 524 g/mol. The molecule has 36 heavy (non-hydrogen) atoms. The predicted molar refractivity (Wildman–Crippen MR) is 145 cm³/mol. The highest BCUT2D eigenvalue weighted by Crippen LogP contribution is 2.29. The molecule has 188 valence electrons. The number of methoxy groups -OCH3 is 1. The predicted octanol–water partition coefficient (Wildman–Crippen LogP) is 6.03. The Hall–Kier alpha value is -3.27. The van der Waals surface area contributed by atoms with Crippen LogP contribution in [0.4, 0.5) is 5.13 Å². The lowest BCUT2D eigenvalue weighted by atomic mass is 10.1. The van der Waals surface area contributed by atoms with Gasteiger partial charge in [0.25, 0.3) is 5.91 Å². The van der Waals surface area contributed by atoms with Gasteiger partial charge in [0.2, 0.25) is 10.0 Å². The molecule has 0 aliphatic rings. The van der Waals surface area contributed by atoms with Crippen LogP contribution in [0.3, 0.4) is 0 Å². The number of rotatable bonds is 10. The Morgan fingerprint density at radius 2 is 1.64 bits per heavy atom. The summed E-state index contributed by atoms with van der Waals surface area (Å²) in [5.74, 6) is 0.461. The third-order valence-corrected chi connectivity index (χ3v) is 8.44. The van der Waals surface area contributed by atoms with E-state index in [1.165, 1.54) is 39.9 Å². The molecule has 0 spiro atoms. The zero-order valence-electron chi connectivity index (χ0n) is 20.5. The van der Waals surface area contributed by atoms with Gasteiger partial charge in [0.15, 0.2) is 5.13 Å². The van der Waals surface area contributed by atoms with Crippen molar-refractivity contribution >= 4 is 43.2 Å². The number of carbonyl (C=O) groups excluding carboxylic acids is 1. The maximum Gasteiger partial charge on any atom is 0.257 e. The summed E-state index contributed by atoms with van der Waals surface area (Å²) in [6.07, 6.45) is 1.48. The summed E-state index contributed by atoms with van der Waals surface area (Å²) in [5.41, 5.74) is 2.08. The molecule has 3 aromatic carbocycles. The van der Waals surface area contributed by atoms with Gasteiger partial charge in [-0.2, -0.15) is 4.31 Å². The van der Waals surface area contributed by atoms with Crippen molar-refractivity contribution < 1.29 is 17.9 Å². The molecule has 0 unspecified atom stereocenters. The molecule has 1 heterocycles. The minimum absolute atomic E-state index is 0.186. The van der Waals surface area contributed by atoms with Crippen molar-refractivity contribution in [2.75, 3.05) is 25.5 Å². The lowest BCUT2D eigenvalue weighted by Crippen LogP contribution is -2.32. The van der Waals surface area contributed by atoms with Crippen LogP contribution in [0.25, 0.3) is 22.0 Å². The number of anilines is 1. The Kier molecular flexibility index (Phi) is 8.03. The molecule has 0 aliphatic heterocycles. The molecule has 0 bridgehead atoms. The van der Waals surface area contributed by atoms with Crippen molar-refractivity contribution in [3.63, 3.8) is 0 Å². The van der Waals surface area contributed by atoms with Crippen LogP contribution in [0.5, 0.6) is 5.75 Å². The number of aromatic nitrogens is 1. The van der Waals surface area contributed by atoms with Gasteiger partial charge in [-0.25, -0.2) is 13.4 Å². The second-order valence-electron chi connectivity index (χ2n) is 8.35. The number of sulfonamides is 1. The molecule has 0 fully saturated rings. The largest absolute Gasteiger partial charge is 0.497 e. The third-order valence-electron chi connectivity index (χ3n) is 5.77. The molecule has 9 heteroatoms. The van der Waals surface area contributed by atoms with Crippen molar-refractivity contribution in [3.8, 4) is 17.0 Å². The van der Waals surface area contributed by atoms with Gasteiger partial charge in [-0.05, 0) is 66.1 Å². The normalized spacial score (nSPS) is 11.7. The first kappa shape index (κ1) is 25.8.